The molecule has 0 spiro atoms. The van der Waals surface area contributed by atoms with Crippen molar-refractivity contribution in [1.29, 1.82) is 0 Å². The van der Waals surface area contributed by atoms with E-state index in [1.807, 2.05) is 4.68 Å². The molecule has 0 saturated carbocycles. The predicted molar refractivity (Wildman–Crippen MR) is 77.1 cm³/mol. The van der Waals surface area contributed by atoms with Gasteiger partial charge in [0.05, 0.1) is 24.5 Å². The van der Waals surface area contributed by atoms with Gasteiger partial charge in [0, 0.05) is 24.4 Å². The van der Waals surface area contributed by atoms with E-state index in [0.717, 1.165) is 43.9 Å². The summed E-state index contributed by atoms with van der Waals surface area (Å²) in [5.74, 6) is 0.412. The molecule has 6 nitrogen and oxygen atoms in total. The summed E-state index contributed by atoms with van der Waals surface area (Å²) in [6, 6.07) is 0. The van der Waals surface area contributed by atoms with Gasteiger partial charge in [-0.05, 0) is 37.7 Å². The minimum Gasteiger partial charge on any atom is -0.381 e. The molecule has 112 valence electrons. The summed E-state index contributed by atoms with van der Waals surface area (Å²) in [5, 5.41) is 16.3. The molecule has 2 aliphatic rings. The summed E-state index contributed by atoms with van der Waals surface area (Å²) < 4.78 is 7.33. The molecule has 0 radical (unpaired) electrons. The summed E-state index contributed by atoms with van der Waals surface area (Å²) in [4.78, 5) is 0. The number of ether oxygens (including phenoxy) is 1. The summed E-state index contributed by atoms with van der Waals surface area (Å²) in [6.07, 6.45) is 9.22. The Bertz CT molecular complexity index is 611. The van der Waals surface area contributed by atoms with Crippen molar-refractivity contribution in [2.24, 2.45) is 0 Å². The number of rotatable bonds is 3. The largest absolute Gasteiger partial charge is 0.381 e. The lowest BCUT2D eigenvalue weighted by atomic mass is 10.1. The number of nitrogens with one attached hydrogen (secondary N) is 1. The molecule has 1 fully saturated rings. The summed E-state index contributed by atoms with van der Waals surface area (Å²) in [7, 11) is 0. The predicted octanol–water partition coefficient (Wildman–Crippen LogP) is 1.82. The van der Waals surface area contributed by atoms with Crippen LogP contribution in [0.15, 0.2) is 6.20 Å². The molecule has 21 heavy (non-hydrogen) atoms. The maximum Gasteiger partial charge on any atom is 0.0881 e. The molecule has 0 aromatic carbocycles. The zero-order valence-corrected chi connectivity index (χ0v) is 12.2. The number of aromatic nitrogens is 5. The highest BCUT2D eigenvalue weighted by molar-refractivity contribution is 5.27. The molecule has 6 heteroatoms. The van der Waals surface area contributed by atoms with Gasteiger partial charge in [0.25, 0.3) is 0 Å². The van der Waals surface area contributed by atoms with Gasteiger partial charge in [-0.25, -0.2) is 4.68 Å². The molecule has 4 rings (SSSR count). The second-order valence-electron chi connectivity index (χ2n) is 6.09. The minimum absolute atomic E-state index is 0.412. The molecule has 2 aromatic heterocycles. The topological polar surface area (TPSA) is 68.6 Å². The Hall–Kier alpha value is -1.69. The zero-order chi connectivity index (χ0) is 14.1. The standard InChI is InChI=1S/C15H21N5O/c1-2-4-12-13(5-3-1)16-17-15(12)9-20-8-14(18-19-20)11-6-7-21-10-11/h8,11H,1-7,9-10H2,(H,16,17)/t11-/m0/s1. The molecular formula is C15H21N5O. The highest BCUT2D eigenvalue weighted by Crippen LogP contribution is 2.24. The molecular weight excluding hydrogens is 266 g/mol. The van der Waals surface area contributed by atoms with Crippen LogP contribution in [0.25, 0.3) is 0 Å². The number of hydrogen-bond acceptors (Lipinski definition) is 4. The van der Waals surface area contributed by atoms with Gasteiger partial charge in [-0.15, -0.1) is 5.10 Å². The van der Waals surface area contributed by atoms with Gasteiger partial charge in [-0.1, -0.05) is 11.6 Å². The van der Waals surface area contributed by atoms with Crippen LogP contribution in [0.2, 0.25) is 0 Å². The Balaban J connectivity index is 1.52. The van der Waals surface area contributed by atoms with Gasteiger partial charge in [-0.2, -0.15) is 5.10 Å². The molecule has 0 bridgehead atoms. The third-order valence-corrected chi connectivity index (χ3v) is 4.61. The van der Waals surface area contributed by atoms with Gasteiger partial charge in [0.2, 0.25) is 0 Å². The summed E-state index contributed by atoms with van der Waals surface area (Å²) >= 11 is 0. The molecule has 0 amide bonds. The van der Waals surface area contributed by atoms with Crippen molar-refractivity contribution >= 4 is 0 Å². The fourth-order valence-electron chi connectivity index (χ4n) is 3.36. The fraction of sp³-hybridized carbons (Fsp3) is 0.667. The van der Waals surface area contributed by atoms with E-state index < -0.39 is 0 Å². The number of aromatic amines is 1. The Labute approximate surface area is 123 Å². The van der Waals surface area contributed by atoms with Gasteiger partial charge in [-0.3, -0.25) is 5.10 Å². The van der Waals surface area contributed by atoms with Crippen molar-refractivity contribution in [1.82, 2.24) is 25.2 Å². The van der Waals surface area contributed by atoms with E-state index in [-0.39, 0.29) is 0 Å². The Kier molecular flexibility index (Phi) is 3.47. The molecule has 1 saturated heterocycles. The average molecular weight is 287 g/mol. The average Bonchev–Trinajstić information content (AvgIpc) is 3.19. The Morgan fingerprint density at radius 2 is 2.24 bits per heavy atom. The maximum absolute atomic E-state index is 5.42. The van der Waals surface area contributed by atoms with E-state index >= 15 is 0 Å². The van der Waals surface area contributed by atoms with Crippen LogP contribution in [0, 0.1) is 0 Å². The van der Waals surface area contributed by atoms with Crippen LogP contribution in [-0.2, 0) is 24.1 Å². The monoisotopic (exact) mass is 287 g/mol. The van der Waals surface area contributed by atoms with E-state index in [1.54, 1.807) is 0 Å². The highest BCUT2D eigenvalue weighted by atomic mass is 16.5. The quantitative estimate of drug-likeness (QED) is 0.874. The van der Waals surface area contributed by atoms with E-state index in [4.69, 9.17) is 4.74 Å². The molecule has 3 heterocycles. The van der Waals surface area contributed by atoms with Crippen molar-refractivity contribution in [3.63, 3.8) is 0 Å². The zero-order valence-electron chi connectivity index (χ0n) is 12.2. The van der Waals surface area contributed by atoms with E-state index in [2.05, 4.69) is 26.7 Å². The van der Waals surface area contributed by atoms with Crippen molar-refractivity contribution in [2.45, 2.75) is 51.0 Å². The van der Waals surface area contributed by atoms with Gasteiger partial charge in [0.1, 0.15) is 0 Å². The minimum atomic E-state index is 0.412. The first kappa shape index (κ1) is 13.0. The van der Waals surface area contributed by atoms with Crippen LogP contribution in [0.3, 0.4) is 0 Å². The first-order valence-electron chi connectivity index (χ1n) is 7.93. The molecule has 1 aliphatic carbocycles. The first-order chi connectivity index (χ1) is 10.4. The molecule has 1 aliphatic heterocycles. The second kappa shape index (κ2) is 5.60. The van der Waals surface area contributed by atoms with Crippen molar-refractivity contribution < 1.29 is 4.74 Å². The van der Waals surface area contributed by atoms with Crippen LogP contribution in [0.1, 0.15) is 54.2 Å². The third kappa shape index (κ3) is 2.60. The van der Waals surface area contributed by atoms with Crippen molar-refractivity contribution in [2.75, 3.05) is 13.2 Å². The van der Waals surface area contributed by atoms with Crippen molar-refractivity contribution in [3.8, 4) is 0 Å². The number of H-pyrrole nitrogens is 1. The third-order valence-electron chi connectivity index (χ3n) is 4.61. The van der Waals surface area contributed by atoms with Crippen LogP contribution in [0.5, 0.6) is 0 Å². The van der Waals surface area contributed by atoms with Gasteiger partial charge >= 0.3 is 0 Å². The van der Waals surface area contributed by atoms with E-state index in [9.17, 15) is 0 Å². The van der Waals surface area contributed by atoms with Crippen LogP contribution in [-0.4, -0.2) is 38.4 Å². The normalized spacial score (nSPS) is 22.2. The lowest BCUT2D eigenvalue weighted by Crippen LogP contribution is -2.04. The summed E-state index contributed by atoms with van der Waals surface area (Å²) in [5.41, 5.74) is 4.92. The Morgan fingerprint density at radius 1 is 1.29 bits per heavy atom. The van der Waals surface area contributed by atoms with Crippen molar-refractivity contribution in [3.05, 3.63) is 28.8 Å². The Morgan fingerprint density at radius 3 is 3.14 bits per heavy atom. The van der Waals surface area contributed by atoms with E-state index in [0.29, 0.717) is 12.5 Å². The SMILES string of the molecule is c1c([C@H]2CCOC2)nnn1Cc1n[nH]c2c1CCCCC2. The molecule has 1 atom stereocenters. The number of nitrogens with zero attached hydrogens (tertiary/aromatic N) is 4. The highest BCUT2D eigenvalue weighted by Gasteiger charge is 2.21. The van der Waals surface area contributed by atoms with E-state index in [1.165, 1.54) is 30.5 Å². The fourth-order valence-corrected chi connectivity index (χ4v) is 3.36. The maximum atomic E-state index is 5.42. The van der Waals surface area contributed by atoms with Crippen LogP contribution < -0.4 is 0 Å². The lowest BCUT2D eigenvalue weighted by molar-refractivity contribution is 0.193. The van der Waals surface area contributed by atoms with Crippen LogP contribution in [0.4, 0.5) is 0 Å². The van der Waals surface area contributed by atoms with Gasteiger partial charge in [0.15, 0.2) is 0 Å². The molecule has 1 N–H and O–H groups in total. The number of hydrogen-bond donors (Lipinski definition) is 1. The molecule has 2 aromatic rings. The smallest absolute Gasteiger partial charge is 0.0881 e. The summed E-state index contributed by atoms with van der Waals surface area (Å²) in [6.45, 7) is 2.33. The number of aryl methyl sites for hydroxylation is 1. The second-order valence-corrected chi connectivity index (χ2v) is 6.09. The lowest BCUT2D eigenvalue weighted by Gasteiger charge is -2.02. The first-order valence-corrected chi connectivity index (χ1v) is 7.93. The van der Waals surface area contributed by atoms with Crippen LogP contribution >= 0.6 is 0 Å². The van der Waals surface area contributed by atoms with Gasteiger partial charge < -0.3 is 4.74 Å². The number of fused-ring (bicyclic) bond motifs is 1. The molecule has 0 unspecified atom stereocenters.